The third-order valence-electron chi connectivity index (χ3n) is 4.23. The molecule has 1 aliphatic heterocycles. The Morgan fingerprint density at radius 3 is 2.96 bits per heavy atom. The van der Waals surface area contributed by atoms with Gasteiger partial charge in [-0.25, -0.2) is 0 Å². The van der Waals surface area contributed by atoms with Gasteiger partial charge in [0, 0.05) is 26.1 Å². The van der Waals surface area contributed by atoms with E-state index in [2.05, 4.69) is 10.1 Å². The fourth-order valence-electron chi connectivity index (χ4n) is 2.95. The van der Waals surface area contributed by atoms with Gasteiger partial charge in [0.05, 0.1) is 6.61 Å². The number of piperidine rings is 1. The van der Waals surface area contributed by atoms with Crippen LogP contribution in [0.2, 0.25) is 0 Å². The number of ether oxygens (including phenoxy) is 2. The van der Waals surface area contributed by atoms with Crippen LogP contribution in [-0.2, 0) is 27.5 Å². The highest BCUT2D eigenvalue weighted by Crippen LogP contribution is 2.25. The highest BCUT2D eigenvalue weighted by molar-refractivity contribution is 5.77. The third kappa shape index (κ3) is 4.87. The molecule has 0 saturated carbocycles. The van der Waals surface area contributed by atoms with Gasteiger partial charge in [0.1, 0.15) is 13.2 Å². The second-order valence-electron chi connectivity index (χ2n) is 6.14. The van der Waals surface area contributed by atoms with Crippen molar-refractivity contribution in [2.24, 2.45) is 0 Å². The fourth-order valence-corrected chi connectivity index (χ4v) is 2.95. The van der Waals surface area contributed by atoms with Crippen LogP contribution in [0.3, 0.4) is 0 Å². The van der Waals surface area contributed by atoms with Gasteiger partial charge in [-0.15, -0.1) is 0 Å². The number of likely N-dealkylation sites (tertiary alicyclic amines) is 1. The molecule has 7 heteroatoms. The fraction of sp³-hybridized carbons (Fsp3) is 0.500. The zero-order valence-electron chi connectivity index (χ0n) is 14.4. The van der Waals surface area contributed by atoms with E-state index in [0.29, 0.717) is 24.9 Å². The Balaban J connectivity index is 1.51. The van der Waals surface area contributed by atoms with Crippen LogP contribution in [0, 0.1) is 0 Å². The van der Waals surface area contributed by atoms with Crippen LogP contribution in [0.5, 0.6) is 0 Å². The quantitative estimate of drug-likeness (QED) is 0.765. The minimum Gasteiger partial charge on any atom is -0.375 e. The van der Waals surface area contributed by atoms with E-state index in [0.717, 1.165) is 24.9 Å². The van der Waals surface area contributed by atoms with Crippen LogP contribution < -0.4 is 0 Å². The average Bonchev–Trinajstić information content (AvgIpc) is 3.12. The molecule has 0 radical (unpaired) electrons. The standard InChI is InChI=1S/C18H23N3O4/c1-23-13-17(22)21-9-5-8-15(10-21)18-19-16(25-20-18)12-24-11-14-6-3-2-4-7-14/h2-4,6-7,15H,5,8-13H2,1H3. The smallest absolute Gasteiger partial charge is 0.252 e. The van der Waals surface area contributed by atoms with E-state index in [9.17, 15) is 4.79 Å². The van der Waals surface area contributed by atoms with Crippen molar-refractivity contribution >= 4 is 5.91 Å². The minimum absolute atomic E-state index is 0.00196. The van der Waals surface area contributed by atoms with Gasteiger partial charge in [0.15, 0.2) is 5.82 Å². The molecule has 2 heterocycles. The summed E-state index contributed by atoms with van der Waals surface area (Å²) in [6.07, 6.45) is 1.87. The Labute approximate surface area is 146 Å². The third-order valence-corrected chi connectivity index (χ3v) is 4.23. The van der Waals surface area contributed by atoms with Crippen LogP contribution in [0.1, 0.15) is 36.0 Å². The summed E-state index contributed by atoms with van der Waals surface area (Å²) in [5.74, 6) is 1.21. The summed E-state index contributed by atoms with van der Waals surface area (Å²) in [6, 6.07) is 9.94. The Kier molecular flexibility index (Phi) is 6.14. The maximum atomic E-state index is 12.0. The topological polar surface area (TPSA) is 77.7 Å². The number of nitrogens with zero attached hydrogens (tertiary/aromatic N) is 3. The van der Waals surface area contributed by atoms with Crippen molar-refractivity contribution in [1.29, 1.82) is 0 Å². The number of aromatic nitrogens is 2. The Hall–Kier alpha value is -2.25. The number of carbonyl (C=O) groups is 1. The van der Waals surface area contributed by atoms with Crippen molar-refractivity contribution in [3.8, 4) is 0 Å². The lowest BCUT2D eigenvalue weighted by Crippen LogP contribution is -2.41. The molecule has 1 atom stereocenters. The summed E-state index contributed by atoms with van der Waals surface area (Å²) in [5.41, 5.74) is 1.10. The first-order chi connectivity index (χ1) is 12.3. The van der Waals surface area contributed by atoms with Gasteiger partial charge in [-0.05, 0) is 18.4 Å². The molecule has 1 fully saturated rings. The van der Waals surface area contributed by atoms with Crippen LogP contribution >= 0.6 is 0 Å². The Morgan fingerprint density at radius 1 is 1.32 bits per heavy atom. The highest BCUT2D eigenvalue weighted by atomic mass is 16.5. The van der Waals surface area contributed by atoms with Crippen molar-refractivity contribution in [2.45, 2.75) is 32.0 Å². The molecule has 1 aliphatic rings. The van der Waals surface area contributed by atoms with Crippen molar-refractivity contribution in [3.05, 3.63) is 47.6 Å². The minimum atomic E-state index is 0.00196. The summed E-state index contributed by atoms with van der Waals surface area (Å²) in [6.45, 7) is 2.25. The molecule has 1 unspecified atom stereocenters. The van der Waals surface area contributed by atoms with E-state index in [1.165, 1.54) is 7.11 Å². The molecule has 7 nitrogen and oxygen atoms in total. The lowest BCUT2D eigenvalue weighted by Gasteiger charge is -2.31. The predicted molar refractivity (Wildman–Crippen MR) is 89.7 cm³/mol. The molecule has 1 saturated heterocycles. The van der Waals surface area contributed by atoms with Crippen LogP contribution in [0.25, 0.3) is 0 Å². The van der Waals surface area contributed by atoms with Crippen molar-refractivity contribution in [1.82, 2.24) is 15.0 Å². The Bertz CT molecular complexity index is 674. The summed E-state index contributed by atoms with van der Waals surface area (Å²) in [5, 5.41) is 4.07. The number of hydrogen-bond donors (Lipinski definition) is 0. The van der Waals surface area contributed by atoms with Gasteiger partial charge in [0.25, 0.3) is 5.89 Å². The second kappa shape index (κ2) is 8.73. The predicted octanol–water partition coefficient (Wildman–Crippen LogP) is 2.14. The summed E-state index contributed by atoms with van der Waals surface area (Å²) < 4.78 is 15.8. The monoisotopic (exact) mass is 345 g/mol. The van der Waals surface area contributed by atoms with Crippen molar-refractivity contribution in [2.75, 3.05) is 26.8 Å². The molecule has 1 aromatic carbocycles. The molecule has 134 valence electrons. The molecule has 0 spiro atoms. The number of rotatable bonds is 7. The second-order valence-corrected chi connectivity index (χ2v) is 6.14. The summed E-state index contributed by atoms with van der Waals surface area (Å²) in [4.78, 5) is 18.2. The van der Waals surface area contributed by atoms with Gasteiger partial charge >= 0.3 is 0 Å². The molecule has 1 aromatic heterocycles. The maximum Gasteiger partial charge on any atom is 0.252 e. The molecule has 0 bridgehead atoms. The zero-order valence-corrected chi connectivity index (χ0v) is 14.4. The molecule has 2 aromatic rings. The molecular formula is C18H23N3O4. The normalized spacial score (nSPS) is 17.6. The highest BCUT2D eigenvalue weighted by Gasteiger charge is 2.27. The number of benzene rings is 1. The van der Waals surface area contributed by atoms with E-state index in [1.54, 1.807) is 4.90 Å². The molecule has 3 rings (SSSR count). The SMILES string of the molecule is COCC(=O)N1CCCC(c2noc(COCc3ccccc3)n2)C1. The van der Waals surface area contributed by atoms with E-state index in [1.807, 2.05) is 30.3 Å². The number of carbonyl (C=O) groups excluding carboxylic acids is 1. The average molecular weight is 345 g/mol. The van der Waals surface area contributed by atoms with E-state index in [-0.39, 0.29) is 25.0 Å². The van der Waals surface area contributed by atoms with Crippen LogP contribution in [0.4, 0.5) is 0 Å². The van der Waals surface area contributed by atoms with Crippen molar-refractivity contribution < 1.29 is 18.8 Å². The van der Waals surface area contributed by atoms with Gasteiger partial charge in [0.2, 0.25) is 5.91 Å². The first kappa shape index (κ1) is 17.6. The molecule has 0 N–H and O–H groups in total. The Morgan fingerprint density at radius 2 is 2.16 bits per heavy atom. The van der Waals surface area contributed by atoms with Crippen LogP contribution in [0.15, 0.2) is 34.9 Å². The van der Waals surface area contributed by atoms with Gasteiger partial charge in [-0.2, -0.15) is 4.98 Å². The van der Waals surface area contributed by atoms with E-state index < -0.39 is 0 Å². The summed E-state index contributed by atoms with van der Waals surface area (Å²) in [7, 11) is 1.53. The molecular weight excluding hydrogens is 322 g/mol. The lowest BCUT2D eigenvalue weighted by atomic mass is 9.97. The molecule has 25 heavy (non-hydrogen) atoms. The number of methoxy groups -OCH3 is 1. The van der Waals surface area contributed by atoms with Gasteiger partial charge < -0.3 is 18.9 Å². The first-order valence-electron chi connectivity index (χ1n) is 8.47. The molecule has 1 amide bonds. The lowest BCUT2D eigenvalue weighted by molar-refractivity contribution is -0.136. The summed E-state index contributed by atoms with van der Waals surface area (Å²) >= 11 is 0. The zero-order chi connectivity index (χ0) is 17.5. The van der Waals surface area contributed by atoms with Gasteiger partial charge in [-0.1, -0.05) is 35.5 Å². The van der Waals surface area contributed by atoms with Crippen LogP contribution in [-0.4, -0.2) is 47.8 Å². The molecule has 0 aliphatic carbocycles. The first-order valence-corrected chi connectivity index (χ1v) is 8.47. The van der Waals surface area contributed by atoms with Crippen molar-refractivity contribution in [3.63, 3.8) is 0 Å². The number of hydrogen-bond acceptors (Lipinski definition) is 6. The number of amides is 1. The van der Waals surface area contributed by atoms with E-state index in [4.69, 9.17) is 14.0 Å². The maximum absolute atomic E-state index is 12.0. The van der Waals surface area contributed by atoms with E-state index >= 15 is 0 Å². The largest absolute Gasteiger partial charge is 0.375 e. The van der Waals surface area contributed by atoms with Gasteiger partial charge in [-0.3, -0.25) is 4.79 Å².